The van der Waals surface area contributed by atoms with Gasteiger partial charge in [-0.05, 0) is 78.1 Å². The first-order chi connectivity index (χ1) is 21.1. The molecule has 8 heteroatoms. The molecule has 1 aromatic heterocycles. The van der Waals surface area contributed by atoms with Gasteiger partial charge in [0.1, 0.15) is 30.5 Å². The number of benzene rings is 4. The molecule has 0 fully saturated rings. The first-order valence-electron chi connectivity index (χ1n) is 14.5. The summed E-state index contributed by atoms with van der Waals surface area (Å²) in [6.07, 6.45) is 1.69. The van der Waals surface area contributed by atoms with E-state index in [2.05, 4.69) is 32.6 Å². The average Bonchev–Trinajstić information content (AvgIpc) is 3.55. The van der Waals surface area contributed by atoms with Crippen LogP contribution in [0.5, 0.6) is 17.2 Å². The van der Waals surface area contributed by atoms with Crippen LogP contribution >= 0.6 is 0 Å². The summed E-state index contributed by atoms with van der Waals surface area (Å²) in [5, 5.41) is 10.4. The van der Waals surface area contributed by atoms with Crippen LogP contribution in [0.4, 0.5) is 0 Å². The Morgan fingerprint density at radius 2 is 1.68 bits per heavy atom. The van der Waals surface area contributed by atoms with Crippen LogP contribution in [0, 0.1) is 13.8 Å². The number of fused-ring (bicyclic) bond motifs is 2. The summed E-state index contributed by atoms with van der Waals surface area (Å²) in [6.45, 7) is 8.75. The second kappa shape index (κ2) is 11.8. The molecule has 0 amide bonds. The van der Waals surface area contributed by atoms with E-state index in [1.54, 1.807) is 6.07 Å². The molecule has 1 unspecified atom stereocenters. The number of aliphatic hydroxyl groups is 1. The molecule has 7 nitrogen and oxygen atoms in total. The molecular formula is C36H35NO6S. The molecule has 0 saturated heterocycles. The summed E-state index contributed by atoms with van der Waals surface area (Å²) in [6, 6.07) is 27.4. The molecule has 1 aliphatic heterocycles. The van der Waals surface area contributed by atoms with Crippen molar-refractivity contribution in [3.05, 3.63) is 125 Å². The first-order valence-corrected chi connectivity index (χ1v) is 16.3. The van der Waals surface area contributed by atoms with E-state index in [4.69, 9.17) is 14.2 Å². The number of hydrogen-bond donors (Lipinski definition) is 1. The van der Waals surface area contributed by atoms with Gasteiger partial charge < -0.3 is 19.3 Å². The minimum absolute atomic E-state index is 0.107. The van der Waals surface area contributed by atoms with E-state index in [9.17, 15) is 13.5 Å². The highest BCUT2D eigenvalue weighted by atomic mass is 32.2. The van der Waals surface area contributed by atoms with Gasteiger partial charge in [-0.1, -0.05) is 49.0 Å². The topological polar surface area (TPSA) is 87.0 Å². The SMILES string of the molecule is C=C(O)CC1COc2cc(OCc3cccc(-c4c(C)cc(OCc5cc6ccccc6n5S(C)(=O)=O)cc4C)c3)ccc21. The third kappa shape index (κ3) is 6.03. The Morgan fingerprint density at radius 3 is 2.43 bits per heavy atom. The molecule has 0 aliphatic carbocycles. The van der Waals surface area contributed by atoms with E-state index in [1.807, 2.05) is 66.7 Å². The zero-order valence-corrected chi connectivity index (χ0v) is 25.9. The molecule has 0 spiro atoms. The molecule has 0 bridgehead atoms. The van der Waals surface area contributed by atoms with Crippen LogP contribution in [0.25, 0.3) is 22.0 Å². The van der Waals surface area contributed by atoms with E-state index in [1.165, 1.54) is 10.2 Å². The fourth-order valence-corrected chi connectivity index (χ4v) is 7.14. The van der Waals surface area contributed by atoms with Crippen LogP contribution in [0.15, 0.2) is 97.3 Å². The third-order valence-electron chi connectivity index (χ3n) is 7.93. The van der Waals surface area contributed by atoms with Gasteiger partial charge in [0.15, 0.2) is 0 Å². The van der Waals surface area contributed by atoms with Gasteiger partial charge in [-0.3, -0.25) is 0 Å². The van der Waals surface area contributed by atoms with Crippen LogP contribution in [0.2, 0.25) is 0 Å². The minimum Gasteiger partial charge on any atom is -0.513 e. The smallest absolute Gasteiger partial charge is 0.236 e. The van der Waals surface area contributed by atoms with Crippen molar-refractivity contribution in [2.24, 2.45) is 0 Å². The van der Waals surface area contributed by atoms with Crippen molar-refractivity contribution < 1.29 is 27.7 Å². The molecule has 4 aromatic carbocycles. The molecule has 44 heavy (non-hydrogen) atoms. The van der Waals surface area contributed by atoms with Crippen molar-refractivity contribution in [1.82, 2.24) is 3.97 Å². The van der Waals surface area contributed by atoms with Crippen molar-refractivity contribution >= 4 is 20.9 Å². The summed E-state index contributed by atoms with van der Waals surface area (Å²) >= 11 is 0. The molecule has 2 heterocycles. The third-order valence-corrected chi connectivity index (χ3v) is 9.03. The quantitative estimate of drug-likeness (QED) is 0.162. The highest BCUT2D eigenvalue weighted by Crippen LogP contribution is 2.39. The van der Waals surface area contributed by atoms with Crippen molar-refractivity contribution in [3.63, 3.8) is 0 Å². The number of ether oxygens (including phenoxy) is 3. The molecule has 6 rings (SSSR count). The number of hydrogen-bond acceptors (Lipinski definition) is 6. The molecule has 5 aromatic rings. The zero-order chi connectivity index (χ0) is 31.0. The van der Waals surface area contributed by atoms with E-state index in [0.717, 1.165) is 50.3 Å². The summed E-state index contributed by atoms with van der Waals surface area (Å²) in [7, 11) is -3.51. The van der Waals surface area contributed by atoms with Crippen molar-refractivity contribution in [2.45, 2.75) is 39.4 Å². The maximum atomic E-state index is 12.6. The lowest BCUT2D eigenvalue weighted by molar-refractivity contribution is 0.297. The summed E-state index contributed by atoms with van der Waals surface area (Å²) in [4.78, 5) is 0. The maximum absolute atomic E-state index is 12.6. The zero-order valence-electron chi connectivity index (χ0n) is 25.0. The molecule has 1 aliphatic rings. The summed E-state index contributed by atoms with van der Waals surface area (Å²) < 4.78 is 44.6. The second-order valence-corrected chi connectivity index (χ2v) is 13.2. The lowest BCUT2D eigenvalue weighted by Crippen LogP contribution is -2.14. The molecule has 226 valence electrons. The summed E-state index contributed by atoms with van der Waals surface area (Å²) in [5.41, 5.74) is 7.61. The van der Waals surface area contributed by atoms with E-state index < -0.39 is 10.0 Å². The van der Waals surface area contributed by atoms with Gasteiger partial charge in [0.05, 0.1) is 29.8 Å². The van der Waals surface area contributed by atoms with Gasteiger partial charge in [-0.25, -0.2) is 12.4 Å². The molecular weight excluding hydrogens is 574 g/mol. The van der Waals surface area contributed by atoms with E-state index in [-0.39, 0.29) is 18.3 Å². The van der Waals surface area contributed by atoms with Gasteiger partial charge in [0.25, 0.3) is 0 Å². The Balaban J connectivity index is 1.16. The predicted molar refractivity (Wildman–Crippen MR) is 173 cm³/mol. The number of aliphatic hydroxyl groups excluding tert-OH is 1. The second-order valence-electron chi connectivity index (χ2n) is 11.4. The fraction of sp³-hybridized carbons (Fsp3) is 0.222. The average molecular weight is 610 g/mol. The Hall–Kier alpha value is -4.69. The fourth-order valence-electron chi connectivity index (χ4n) is 6.08. The molecule has 0 radical (unpaired) electrons. The molecule has 1 atom stereocenters. The molecule has 0 saturated carbocycles. The molecule has 1 N–H and O–H groups in total. The van der Waals surface area contributed by atoms with Crippen LogP contribution in [-0.4, -0.2) is 30.4 Å². The Morgan fingerprint density at radius 1 is 0.932 bits per heavy atom. The van der Waals surface area contributed by atoms with Gasteiger partial charge in [0, 0.05) is 29.4 Å². The Labute approximate surface area is 258 Å². The normalized spacial score (nSPS) is 14.3. The maximum Gasteiger partial charge on any atom is 0.236 e. The summed E-state index contributed by atoms with van der Waals surface area (Å²) in [5.74, 6) is 2.46. The Bertz CT molecular complexity index is 1970. The van der Waals surface area contributed by atoms with Gasteiger partial charge in [-0.15, -0.1) is 0 Å². The number of para-hydroxylation sites is 1. The van der Waals surface area contributed by atoms with E-state index >= 15 is 0 Å². The van der Waals surface area contributed by atoms with E-state index in [0.29, 0.717) is 36.6 Å². The predicted octanol–water partition coefficient (Wildman–Crippen LogP) is 7.83. The van der Waals surface area contributed by atoms with Crippen LogP contribution in [0.3, 0.4) is 0 Å². The minimum atomic E-state index is -3.51. The Kier molecular flexibility index (Phi) is 7.86. The first kappa shape index (κ1) is 29.4. The number of aromatic nitrogens is 1. The van der Waals surface area contributed by atoms with Crippen LogP contribution < -0.4 is 14.2 Å². The monoisotopic (exact) mass is 609 g/mol. The van der Waals surface area contributed by atoms with Gasteiger partial charge in [-0.2, -0.15) is 0 Å². The lowest BCUT2D eigenvalue weighted by Gasteiger charge is -2.16. The standard InChI is InChI=1S/C36H35NO6S/c1-23-14-32(42-22-30-18-27-9-5-6-11-34(27)37(30)44(4,39)40)15-24(2)36(23)28-10-7-8-26(17-28)20-41-31-12-13-33-29(16-25(3)38)21-43-35(33)19-31/h5-15,17-19,29,38H,3,16,20-22H2,1-2,4H3. The lowest BCUT2D eigenvalue weighted by atomic mass is 9.94. The van der Waals surface area contributed by atoms with Crippen molar-refractivity contribution in [3.8, 4) is 28.4 Å². The number of allylic oxidation sites excluding steroid dienone is 1. The van der Waals surface area contributed by atoms with Crippen LogP contribution in [-0.2, 0) is 23.2 Å². The number of aryl methyl sites for hydroxylation is 2. The van der Waals surface area contributed by atoms with Crippen LogP contribution in [0.1, 0.15) is 40.3 Å². The highest BCUT2D eigenvalue weighted by molar-refractivity contribution is 7.89. The van der Waals surface area contributed by atoms with Gasteiger partial charge >= 0.3 is 0 Å². The largest absolute Gasteiger partial charge is 0.513 e. The highest BCUT2D eigenvalue weighted by Gasteiger charge is 2.25. The van der Waals surface area contributed by atoms with Gasteiger partial charge in [0.2, 0.25) is 10.0 Å². The number of nitrogens with zero attached hydrogens (tertiary/aromatic N) is 1. The number of rotatable bonds is 10. The van der Waals surface area contributed by atoms with Crippen molar-refractivity contribution in [2.75, 3.05) is 12.9 Å². The van der Waals surface area contributed by atoms with Crippen molar-refractivity contribution in [1.29, 1.82) is 0 Å².